The molecule has 0 radical (unpaired) electrons. The molecule has 0 spiro atoms. The third-order valence-corrected chi connectivity index (χ3v) is 3.29. The van der Waals surface area contributed by atoms with Gasteiger partial charge in [-0.2, -0.15) is 5.10 Å². The largest absolute Gasteiger partial charge is 0.377 e. The zero-order valence-electron chi connectivity index (χ0n) is 10.4. The summed E-state index contributed by atoms with van der Waals surface area (Å²) in [5.41, 5.74) is 5.93. The zero-order valence-corrected chi connectivity index (χ0v) is 10.4. The van der Waals surface area contributed by atoms with E-state index in [1.54, 1.807) is 0 Å². The van der Waals surface area contributed by atoms with E-state index in [9.17, 15) is 0 Å². The number of nitrogens with one attached hydrogen (secondary N) is 1. The fourth-order valence-corrected chi connectivity index (χ4v) is 2.39. The van der Waals surface area contributed by atoms with Crippen LogP contribution in [-0.2, 0) is 4.74 Å². The standard InChI is InChI=1S/C15H16N2O/c1-11-14(12-7-9-18-10-8-12)15(17-16-11)13-5-3-2-4-6-13/h2-7H,8-10H2,1H3,(H,16,17). The molecular weight excluding hydrogens is 224 g/mol. The number of rotatable bonds is 2. The number of benzene rings is 1. The van der Waals surface area contributed by atoms with Gasteiger partial charge >= 0.3 is 0 Å². The summed E-state index contributed by atoms with van der Waals surface area (Å²) in [6.45, 7) is 3.55. The predicted molar refractivity (Wildman–Crippen MR) is 72.2 cm³/mol. The lowest BCUT2D eigenvalue weighted by Gasteiger charge is -2.14. The first kappa shape index (κ1) is 11.2. The fraction of sp³-hybridized carbons (Fsp3) is 0.267. The van der Waals surface area contributed by atoms with Crippen molar-refractivity contribution >= 4 is 5.57 Å². The average molecular weight is 240 g/mol. The van der Waals surface area contributed by atoms with E-state index in [0.717, 1.165) is 24.4 Å². The van der Waals surface area contributed by atoms with Gasteiger partial charge in [-0.25, -0.2) is 0 Å². The molecule has 0 saturated carbocycles. The summed E-state index contributed by atoms with van der Waals surface area (Å²) in [4.78, 5) is 0. The first-order valence-electron chi connectivity index (χ1n) is 6.24. The van der Waals surface area contributed by atoms with Gasteiger partial charge in [-0.3, -0.25) is 5.10 Å². The monoisotopic (exact) mass is 240 g/mol. The Morgan fingerprint density at radius 2 is 2.06 bits per heavy atom. The molecule has 0 fully saturated rings. The van der Waals surface area contributed by atoms with Crippen LogP contribution in [0.2, 0.25) is 0 Å². The number of hydrogen-bond donors (Lipinski definition) is 1. The van der Waals surface area contributed by atoms with Gasteiger partial charge in [0.05, 0.1) is 24.6 Å². The predicted octanol–water partition coefficient (Wildman–Crippen LogP) is 3.19. The number of aryl methyl sites for hydroxylation is 1. The van der Waals surface area contributed by atoms with Crippen LogP contribution >= 0.6 is 0 Å². The topological polar surface area (TPSA) is 37.9 Å². The first-order valence-corrected chi connectivity index (χ1v) is 6.24. The minimum atomic E-state index is 0.703. The molecule has 2 aromatic rings. The summed E-state index contributed by atoms with van der Waals surface area (Å²) >= 11 is 0. The minimum absolute atomic E-state index is 0.703. The van der Waals surface area contributed by atoms with Gasteiger partial charge in [0.25, 0.3) is 0 Å². The van der Waals surface area contributed by atoms with E-state index in [0.29, 0.717) is 6.61 Å². The molecule has 1 aliphatic rings. The van der Waals surface area contributed by atoms with Gasteiger partial charge in [-0.15, -0.1) is 0 Å². The second-order valence-corrected chi connectivity index (χ2v) is 4.48. The van der Waals surface area contributed by atoms with E-state index in [1.165, 1.54) is 16.7 Å². The van der Waals surface area contributed by atoms with Gasteiger partial charge in [0.1, 0.15) is 0 Å². The molecule has 1 aromatic carbocycles. The quantitative estimate of drug-likeness (QED) is 0.875. The Kier molecular flexibility index (Phi) is 2.99. The van der Waals surface area contributed by atoms with Crippen LogP contribution in [0.15, 0.2) is 36.4 Å². The van der Waals surface area contributed by atoms with Crippen LogP contribution in [0.25, 0.3) is 16.8 Å². The molecule has 0 amide bonds. The molecule has 3 rings (SSSR count). The highest BCUT2D eigenvalue weighted by molar-refractivity contribution is 5.80. The van der Waals surface area contributed by atoms with Crippen LogP contribution in [0.3, 0.4) is 0 Å². The molecule has 18 heavy (non-hydrogen) atoms. The number of hydrogen-bond acceptors (Lipinski definition) is 2. The number of aromatic amines is 1. The molecule has 1 aliphatic heterocycles. The summed E-state index contributed by atoms with van der Waals surface area (Å²) in [7, 11) is 0. The van der Waals surface area contributed by atoms with Crippen molar-refractivity contribution in [3.63, 3.8) is 0 Å². The minimum Gasteiger partial charge on any atom is -0.377 e. The van der Waals surface area contributed by atoms with Crippen molar-refractivity contribution in [1.29, 1.82) is 0 Å². The first-order chi connectivity index (χ1) is 8.86. The smallest absolute Gasteiger partial charge is 0.0728 e. The molecule has 92 valence electrons. The highest BCUT2D eigenvalue weighted by atomic mass is 16.5. The third-order valence-electron chi connectivity index (χ3n) is 3.29. The molecule has 0 unspecified atom stereocenters. The summed E-state index contributed by atoms with van der Waals surface area (Å²) in [6, 6.07) is 10.3. The van der Waals surface area contributed by atoms with E-state index < -0.39 is 0 Å². The van der Waals surface area contributed by atoms with Crippen LogP contribution in [-0.4, -0.2) is 23.4 Å². The SMILES string of the molecule is Cc1n[nH]c(-c2ccccc2)c1C1=CCOCC1. The normalized spacial score (nSPS) is 15.5. The number of aromatic nitrogens is 2. The maximum atomic E-state index is 5.38. The number of H-pyrrole nitrogens is 1. The van der Waals surface area contributed by atoms with E-state index >= 15 is 0 Å². The molecule has 3 heteroatoms. The Morgan fingerprint density at radius 1 is 1.22 bits per heavy atom. The Balaban J connectivity index is 2.09. The van der Waals surface area contributed by atoms with Crippen molar-refractivity contribution in [1.82, 2.24) is 10.2 Å². The second-order valence-electron chi connectivity index (χ2n) is 4.48. The van der Waals surface area contributed by atoms with Gasteiger partial charge in [-0.1, -0.05) is 36.4 Å². The van der Waals surface area contributed by atoms with Crippen molar-refractivity contribution in [2.45, 2.75) is 13.3 Å². The highest BCUT2D eigenvalue weighted by Gasteiger charge is 2.17. The van der Waals surface area contributed by atoms with Crippen LogP contribution in [0.4, 0.5) is 0 Å². The van der Waals surface area contributed by atoms with Crippen molar-refractivity contribution in [3.05, 3.63) is 47.7 Å². The van der Waals surface area contributed by atoms with Gasteiger partial charge < -0.3 is 4.74 Å². The van der Waals surface area contributed by atoms with E-state index in [4.69, 9.17) is 4.74 Å². The molecule has 3 nitrogen and oxygen atoms in total. The summed E-state index contributed by atoms with van der Waals surface area (Å²) in [6.07, 6.45) is 3.12. The molecule has 0 saturated heterocycles. The average Bonchev–Trinajstić information content (AvgIpc) is 2.83. The maximum absolute atomic E-state index is 5.38. The zero-order chi connectivity index (χ0) is 12.4. The molecular formula is C15H16N2O. The lowest BCUT2D eigenvalue weighted by molar-refractivity contribution is 0.161. The number of nitrogens with zero attached hydrogens (tertiary/aromatic N) is 1. The van der Waals surface area contributed by atoms with Gasteiger partial charge in [0.15, 0.2) is 0 Å². The van der Waals surface area contributed by atoms with Crippen LogP contribution in [0, 0.1) is 6.92 Å². The Hall–Kier alpha value is -1.87. The highest BCUT2D eigenvalue weighted by Crippen LogP contribution is 2.32. The molecule has 0 atom stereocenters. The lowest BCUT2D eigenvalue weighted by atomic mass is 9.96. The van der Waals surface area contributed by atoms with Gasteiger partial charge in [0, 0.05) is 11.1 Å². The third kappa shape index (κ3) is 1.97. The van der Waals surface area contributed by atoms with Crippen molar-refractivity contribution < 1.29 is 4.74 Å². The molecule has 0 bridgehead atoms. The molecule has 2 heterocycles. The van der Waals surface area contributed by atoms with E-state index in [2.05, 4.69) is 35.3 Å². The van der Waals surface area contributed by atoms with Gasteiger partial charge in [-0.05, 0) is 18.9 Å². The van der Waals surface area contributed by atoms with Crippen LogP contribution in [0.5, 0.6) is 0 Å². The molecule has 0 aliphatic carbocycles. The summed E-state index contributed by atoms with van der Waals surface area (Å²) in [5.74, 6) is 0. The lowest BCUT2D eigenvalue weighted by Crippen LogP contribution is -2.04. The number of ether oxygens (including phenoxy) is 1. The van der Waals surface area contributed by atoms with Crippen LogP contribution in [0.1, 0.15) is 17.7 Å². The molecule has 1 aromatic heterocycles. The molecule has 1 N–H and O–H groups in total. The Labute approximate surface area is 106 Å². The van der Waals surface area contributed by atoms with Crippen molar-refractivity contribution in [2.75, 3.05) is 13.2 Å². The Morgan fingerprint density at radius 3 is 2.78 bits per heavy atom. The van der Waals surface area contributed by atoms with Crippen molar-refractivity contribution in [2.24, 2.45) is 0 Å². The van der Waals surface area contributed by atoms with Gasteiger partial charge in [0.2, 0.25) is 0 Å². The summed E-state index contributed by atoms with van der Waals surface area (Å²) in [5, 5.41) is 7.52. The fourth-order valence-electron chi connectivity index (χ4n) is 2.39. The van der Waals surface area contributed by atoms with Crippen molar-refractivity contribution in [3.8, 4) is 11.3 Å². The van der Waals surface area contributed by atoms with Crippen LogP contribution < -0.4 is 0 Å². The second kappa shape index (κ2) is 4.78. The maximum Gasteiger partial charge on any atom is 0.0728 e. The summed E-state index contributed by atoms with van der Waals surface area (Å²) < 4.78 is 5.38. The van der Waals surface area contributed by atoms with E-state index in [-0.39, 0.29) is 0 Å². The Bertz CT molecular complexity index is 569. The van der Waals surface area contributed by atoms with E-state index in [1.807, 2.05) is 18.2 Å².